The maximum atomic E-state index is 12.7. The minimum absolute atomic E-state index is 0.115. The Morgan fingerprint density at radius 1 is 1.24 bits per heavy atom. The number of piperidine rings is 1. The van der Waals surface area contributed by atoms with Gasteiger partial charge in [0.1, 0.15) is 0 Å². The van der Waals surface area contributed by atoms with E-state index >= 15 is 0 Å². The molecular formula is C12H21F3N2O3S. The van der Waals surface area contributed by atoms with Crippen LogP contribution in [0.1, 0.15) is 26.2 Å². The average molecular weight is 330 g/mol. The number of sulfonamides is 1. The van der Waals surface area contributed by atoms with Crippen LogP contribution in [0, 0.1) is 0 Å². The molecule has 2 saturated heterocycles. The van der Waals surface area contributed by atoms with E-state index in [1.165, 1.54) is 9.21 Å². The van der Waals surface area contributed by atoms with Crippen molar-refractivity contribution in [3.63, 3.8) is 0 Å². The second-order valence-corrected chi connectivity index (χ2v) is 8.12. The summed E-state index contributed by atoms with van der Waals surface area (Å²) in [5.41, 5.74) is -2.78. The zero-order chi connectivity index (χ0) is 15.9. The number of β-amino-alcohol motifs (C(OH)–C–C–N with tert-alkyl or cyclic N) is 1. The molecule has 0 spiro atoms. The van der Waals surface area contributed by atoms with Gasteiger partial charge in [-0.25, -0.2) is 8.42 Å². The van der Waals surface area contributed by atoms with E-state index in [1.807, 2.05) is 0 Å². The number of rotatable bonds is 3. The van der Waals surface area contributed by atoms with Gasteiger partial charge in [-0.1, -0.05) is 0 Å². The summed E-state index contributed by atoms with van der Waals surface area (Å²) in [5.74, 6) is 0.115. The highest BCUT2D eigenvalue weighted by Gasteiger charge is 2.51. The Morgan fingerprint density at radius 2 is 1.90 bits per heavy atom. The lowest BCUT2D eigenvalue weighted by Gasteiger charge is -2.40. The van der Waals surface area contributed by atoms with Crippen LogP contribution in [0.5, 0.6) is 0 Å². The van der Waals surface area contributed by atoms with Crippen molar-refractivity contribution in [2.24, 2.45) is 0 Å². The topological polar surface area (TPSA) is 60.9 Å². The van der Waals surface area contributed by atoms with Gasteiger partial charge in [-0.15, -0.1) is 0 Å². The maximum Gasteiger partial charge on any atom is 0.418 e. The first-order chi connectivity index (χ1) is 9.53. The van der Waals surface area contributed by atoms with Gasteiger partial charge in [0.05, 0.1) is 5.75 Å². The van der Waals surface area contributed by atoms with Crippen molar-refractivity contribution in [1.82, 2.24) is 9.21 Å². The molecule has 2 rings (SSSR count). The van der Waals surface area contributed by atoms with Gasteiger partial charge in [-0.2, -0.15) is 17.5 Å². The quantitative estimate of drug-likeness (QED) is 0.831. The number of aliphatic hydroxyl groups is 1. The molecule has 2 aliphatic rings. The Labute approximate surface area is 122 Å². The zero-order valence-corrected chi connectivity index (χ0v) is 12.8. The molecule has 0 aromatic carbocycles. The van der Waals surface area contributed by atoms with Crippen molar-refractivity contribution in [2.75, 3.05) is 31.9 Å². The van der Waals surface area contributed by atoms with E-state index < -0.39 is 28.3 Å². The van der Waals surface area contributed by atoms with Gasteiger partial charge in [0.2, 0.25) is 10.0 Å². The Kier molecular flexibility index (Phi) is 4.59. The van der Waals surface area contributed by atoms with Gasteiger partial charge in [0, 0.05) is 25.7 Å². The fourth-order valence-corrected chi connectivity index (χ4v) is 4.77. The lowest BCUT2D eigenvalue weighted by Crippen LogP contribution is -2.56. The highest BCUT2D eigenvalue weighted by Crippen LogP contribution is 2.32. The minimum Gasteiger partial charge on any atom is -0.380 e. The number of likely N-dealkylation sites (tertiary alicyclic amines) is 1. The number of hydrogen-bond acceptors (Lipinski definition) is 4. The van der Waals surface area contributed by atoms with Gasteiger partial charge in [-0.05, 0) is 32.7 Å². The smallest absolute Gasteiger partial charge is 0.380 e. The van der Waals surface area contributed by atoms with E-state index in [0.29, 0.717) is 32.4 Å². The van der Waals surface area contributed by atoms with Crippen molar-refractivity contribution >= 4 is 10.0 Å². The molecule has 0 aromatic heterocycles. The van der Waals surface area contributed by atoms with Crippen molar-refractivity contribution in [3.05, 3.63) is 0 Å². The molecule has 0 aliphatic carbocycles. The molecule has 0 bridgehead atoms. The minimum atomic E-state index is -4.69. The summed E-state index contributed by atoms with van der Waals surface area (Å²) >= 11 is 0. The van der Waals surface area contributed by atoms with E-state index in [2.05, 4.69) is 0 Å². The number of hydrogen-bond donors (Lipinski definition) is 1. The normalized spacial score (nSPS) is 31.2. The van der Waals surface area contributed by atoms with Crippen molar-refractivity contribution < 1.29 is 26.7 Å². The molecule has 9 heteroatoms. The van der Waals surface area contributed by atoms with Crippen LogP contribution in [0.15, 0.2) is 0 Å². The van der Waals surface area contributed by atoms with E-state index in [1.54, 1.807) is 0 Å². The summed E-state index contributed by atoms with van der Waals surface area (Å²) in [6, 6.07) is -0.282. The molecule has 2 aliphatic heterocycles. The summed E-state index contributed by atoms with van der Waals surface area (Å²) in [6.45, 7) is 1.35. The van der Waals surface area contributed by atoms with Crippen LogP contribution in [0.25, 0.3) is 0 Å². The Bertz CT molecular complexity index is 479. The third-order valence-electron chi connectivity index (χ3n) is 4.17. The molecule has 2 heterocycles. The molecule has 0 saturated carbocycles. The molecule has 2 atom stereocenters. The summed E-state index contributed by atoms with van der Waals surface area (Å²) < 4.78 is 63.4. The Morgan fingerprint density at radius 3 is 2.43 bits per heavy atom. The van der Waals surface area contributed by atoms with Crippen LogP contribution in [-0.2, 0) is 10.0 Å². The van der Waals surface area contributed by atoms with Crippen molar-refractivity contribution in [3.8, 4) is 0 Å². The first kappa shape index (κ1) is 17.0. The second kappa shape index (κ2) is 5.68. The first-order valence-corrected chi connectivity index (χ1v) is 8.65. The fourth-order valence-electron chi connectivity index (χ4n) is 3.00. The van der Waals surface area contributed by atoms with Crippen LogP contribution in [0.3, 0.4) is 0 Å². The van der Waals surface area contributed by atoms with Gasteiger partial charge in [0.15, 0.2) is 5.60 Å². The number of nitrogens with zero attached hydrogens (tertiary/aromatic N) is 2. The number of halogens is 3. The van der Waals surface area contributed by atoms with Gasteiger partial charge in [-0.3, -0.25) is 4.90 Å². The SMILES string of the molecule is C[C@](O)(CN1CCC[C@H](N2CCCS2(=O)=O)C1)C(F)(F)F. The van der Waals surface area contributed by atoms with Crippen molar-refractivity contribution in [1.29, 1.82) is 0 Å². The lowest BCUT2D eigenvalue weighted by molar-refractivity contribution is -0.258. The predicted octanol–water partition coefficient (Wildman–Crippen LogP) is 0.800. The summed E-state index contributed by atoms with van der Waals surface area (Å²) in [7, 11) is -3.26. The van der Waals surface area contributed by atoms with Gasteiger partial charge < -0.3 is 5.11 Å². The highest BCUT2D eigenvalue weighted by atomic mass is 32.2. The van der Waals surface area contributed by atoms with Crippen LogP contribution in [0.2, 0.25) is 0 Å². The molecule has 0 amide bonds. The van der Waals surface area contributed by atoms with E-state index in [-0.39, 0.29) is 18.3 Å². The first-order valence-electron chi connectivity index (χ1n) is 7.04. The van der Waals surface area contributed by atoms with Crippen LogP contribution >= 0.6 is 0 Å². The molecule has 124 valence electrons. The molecule has 21 heavy (non-hydrogen) atoms. The van der Waals surface area contributed by atoms with Gasteiger partial charge >= 0.3 is 6.18 Å². The lowest BCUT2D eigenvalue weighted by atomic mass is 10.0. The molecule has 0 unspecified atom stereocenters. The Hall–Kier alpha value is -0.380. The van der Waals surface area contributed by atoms with Crippen LogP contribution in [-0.4, -0.2) is 72.5 Å². The largest absolute Gasteiger partial charge is 0.418 e. The standard InChI is InChI=1S/C12H21F3N2O3S/c1-11(18,12(13,14)15)9-16-5-2-4-10(8-16)17-6-3-7-21(17,19)20/h10,18H,2-9H2,1H3/t10-,11-/m0/s1. The molecule has 2 fully saturated rings. The molecular weight excluding hydrogens is 309 g/mol. The van der Waals surface area contributed by atoms with Crippen molar-refractivity contribution in [2.45, 2.75) is 44.0 Å². The Balaban J connectivity index is 2.02. The molecule has 0 radical (unpaired) electrons. The van der Waals surface area contributed by atoms with Crippen LogP contribution in [0.4, 0.5) is 13.2 Å². The molecule has 0 aromatic rings. The third kappa shape index (κ3) is 3.69. The second-order valence-electron chi connectivity index (χ2n) is 6.08. The predicted molar refractivity (Wildman–Crippen MR) is 71.3 cm³/mol. The average Bonchev–Trinajstić information content (AvgIpc) is 2.67. The molecule has 1 N–H and O–H groups in total. The third-order valence-corrected chi connectivity index (χ3v) is 6.17. The van der Waals surface area contributed by atoms with E-state index in [0.717, 1.165) is 6.92 Å². The molecule has 5 nitrogen and oxygen atoms in total. The highest BCUT2D eigenvalue weighted by molar-refractivity contribution is 7.89. The monoisotopic (exact) mass is 330 g/mol. The summed E-state index contributed by atoms with van der Waals surface area (Å²) in [6.07, 6.45) is -2.84. The summed E-state index contributed by atoms with van der Waals surface area (Å²) in [4.78, 5) is 1.51. The van der Waals surface area contributed by atoms with Gasteiger partial charge in [0.25, 0.3) is 0 Å². The zero-order valence-electron chi connectivity index (χ0n) is 11.9. The summed E-state index contributed by atoms with van der Waals surface area (Å²) in [5, 5.41) is 9.56. The fraction of sp³-hybridized carbons (Fsp3) is 1.00. The van der Waals surface area contributed by atoms with E-state index in [4.69, 9.17) is 0 Å². The maximum absolute atomic E-state index is 12.7. The van der Waals surface area contributed by atoms with Crippen LogP contribution < -0.4 is 0 Å². The van der Waals surface area contributed by atoms with E-state index in [9.17, 15) is 26.7 Å². The number of alkyl halides is 3.